The molecule has 0 amide bonds. The second-order valence-electron chi connectivity index (χ2n) is 11.3. The van der Waals surface area contributed by atoms with Crippen molar-refractivity contribution in [1.29, 1.82) is 0 Å². The number of nitrogens with zero attached hydrogens (tertiary/aromatic N) is 3. The Hall–Kier alpha value is -2.94. The molecule has 8 nitrogen and oxygen atoms in total. The first kappa shape index (κ1) is 27.6. The molecular formula is C31H44N6O2. The van der Waals surface area contributed by atoms with Crippen molar-refractivity contribution in [3.05, 3.63) is 63.2 Å². The molecule has 2 saturated heterocycles. The molecule has 4 heterocycles. The van der Waals surface area contributed by atoms with Gasteiger partial charge >= 0.3 is 0 Å². The number of hydrogen-bond donors (Lipinski definition) is 3. The third kappa shape index (κ3) is 6.45. The number of piperidine rings is 1. The number of aryl methyl sites for hydroxylation is 2. The van der Waals surface area contributed by atoms with Crippen LogP contribution in [0.15, 0.2) is 35.3 Å². The van der Waals surface area contributed by atoms with E-state index in [4.69, 9.17) is 9.72 Å². The lowest BCUT2D eigenvalue weighted by Gasteiger charge is -2.36. The predicted octanol–water partition coefficient (Wildman–Crippen LogP) is 4.34. The number of benzene rings is 1. The molecule has 2 aromatic heterocycles. The molecule has 2 fully saturated rings. The highest BCUT2D eigenvalue weighted by molar-refractivity contribution is 6.01. The monoisotopic (exact) mass is 532 g/mol. The average molecular weight is 533 g/mol. The van der Waals surface area contributed by atoms with Crippen LogP contribution in [0.2, 0.25) is 0 Å². The van der Waals surface area contributed by atoms with Gasteiger partial charge in [-0.3, -0.25) is 4.79 Å². The standard InChI is InChI=1S/C31H44N6O2/c1-5-37(25-9-14-39-15-10-25)29-18-23(19-33-24-7-12-36(4)13-8-24)17-27-26(29)6-11-32-30(27)34-20-28-21(2)16-22(3)35-31(28)38/h6,11,16-18,24-25,33H,5,7-10,12-15,19-20H2,1-4H3,(H,32,34)(H,35,38). The molecule has 3 aromatic rings. The molecule has 0 saturated carbocycles. The number of anilines is 2. The molecular weight excluding hydrogens is 488 g/mol. The Balaban J connectivity index is 1.49. The summed E-state index contributed by atoms with van der Waals surface area (Å²) in [5.74, 6) is 0.817. The molecule has 1 aromatic carbocycles. The number of nitrogens with one attached hydrogen (secondary N) is 3. The zero-order valence-electron chi connectivity index (χ0n) is 24.0. The van der Waals surface area contributed by atoms with Crippen LogP contribution >= 0.6 is 0 Å². The Morgan fingerprint density at radius 3 is 2.56 bits per heavy atom. The van der Waals surface area contributed by atoms with E-state index in [2.05, 4.69) is 57.6 Å². The zero-order valence-corrected chi connectivity index (χ0v) is 24.0. The molecule has 0 radical (unpaired) electrons. The van der Waals surface area contributed by atoms with Crippen LogP contribution in [0, 0.1) is 13.8 Å². The van der Waals surface area contributed by atoms with E-state index >= 15 is 0 Å². The van der Waals surface area contributed by atoms with Crippen molar-refractivity contribution in [3.8, 4) is 0 Å². The lowest BCUT2D eigenvalue weighted by Crippen LogP contribution is -2.40. The number of fused-ring (bicyclic) bond motifs is 1. The number of rotatable bonds is 9. The van der Waals surface area contributed by atoms with E-state index in [1.165, 1.54) is 29.5 Å². The third-order valence-electron chi connectivity index (χ3n) is 8.44. The number of aromatic nitrogens is 2. The van der Waals surface area contributed by atoms with Crippen molar-refractivity contribution in [2.75, 3.05) is 50.1 Å². The van der Waals surface area contributed by atoms with Gasteiger partial charge in [-0.15, -0.1) is 0 Å². The van der Waals surface area contributed by atoms with Crippen LogP contribution in [0.3, 0.4) is 0 Å². The maximum Gasteiger partial charge on any atom is 0.253 e. The summed E-state index contributed by atoms with van der Waals surface area (Å²) < 4.78 is 5.69. The van der Waals surface area contributed by atoms with Crippen LogP contribution in [0.1, 0.15) is 55.0 Å². The summed E-state index contributed by atoms with van der Waals surface area (Å²) in [5.41, 5.74) is 5.10. The Bertz CT molecular complexity index is 1320. The first-order chi connectivity index (χ1) is 18.9. The van der Waals surface area contributed by atoms with Crippen LogP contribution in [0.25, 0.3) is 10.8 Å². The quantitative estimate of drug-likeness (QED) is 0.378. The van der Waals surface area contributed by atoms with Gasteiger partial charge < -0.3 is 30.2 Å². The highest BCUT2D eigenvalue weighted by Gasteiger charge is 2.24. The molecule has 210 valence electrons. The van der Waals surface area contributed by atoms with E-state index in [0.29, 0.717) is 18.6 Å². The van der Waals surface area contributed by atoms with Crippen molar-refractivity contribution in [1.82, 2.24) is 20.2 Å². The maximum atomic E-state index is 12.7. The van der Waals surface area contributed by atoms with Crippen molar-refractivity contribution < 1.29 is 4.74 Å². The summed E-state index contributed by atoms with van der Waals surface area (Å²) in [6.07, 6.45) is 6.32. The predicted molar refractivity (Wildman–Crippen MR) is 160 cm³/mol. The highest BCUT2D eigenvalue weighted by Crippen LogP contribution is 2.35. The fourth-order valence-electron chi connectivity index (χ4n) is 6.17. The number of likely N-dealkylation sites (tertiary alicyclic amines) is 1. The fourth-order valence-corrected chi connectivity index (χ4v) is 6.17. The van der Waals surface area contributed by atoms with Crippen LogP contribution in [0.4, 0.5) is 11.5 Å². The van der Waals surface area contributed by atoms with Crippen molar-refractivity contribution >= 4 is 22.3 Å². The summed E-state index contributed by atoms with van der Waals surface area (Å²) in [6, 6.07) is 9.81. The maximum absolute atomic E-state index is 12.7. The van der Waals surface area contributed by atoms with Gasteiger partial charge in [-0.1, -0.05) is 0 Å². The summed E-state index contributed by atoms with van der Waals surface area (Å²) in [6.45, 7) is 12.3. The van der Waals surface area contributed by atoms with Gasteiger partial charge in [-0.25, -0.2) is 4.98 Å². The smallest absolute Gasteiger partial charge is 0.253 e. The average Bonchev–Trinajstić information content (AvgIpc) is 2.93. The normalized spacial score (nSPS) is 17.5. The number of aromatic amines is 1. The van der Waals surface area contributed by atoms with Crippen LogP contribution in [-0.2, 0) is 17.8 Å². The molecule has 39 heavy (non-hydrogen) atoms. The lowest BCUT2D eigenvalue weighted by atomic mass is 10.00. The van der Waals surface area contributed by atoms with Gasteiger partial charge in [0.1, 0.15) is 5.82 Å². The van der Waals surface area contributed by atoms with Crippen LogP contribution < -0.4 is 21.1 Å². The molecule has 3 N–H and O–H groups in total. The number of H-pyrrole nitrogens is 1. The van der Waals surface area contributed by atoms with E-state index in [9.17, 15) is 4.79 Å². The molecule has 5 rings (SSSR count). The molecule has 0 aliphatic carbocycles. The Labute approximate surface area is 232 Å². The molecule has 0 unspecified atom stereocenters. The molecule has 0 atom stereocenters. The van der Waals surface area contributed by atoms with Gasteiger partial charge in [0.05, 0.1) is 0 Å². The fraction of sp³-hybridized carbons (Fsp3) is 0.548. The second kappa shape index (κ2) is 12.5. The van der Waals surface area contributed by atoms with Crippen molar-refractivity contribution in [3.63, 3.8) is 0 Å². The topological polar surface area (TPSA) is 85.5 Å². The second-order valence-corrected chi connectivity index (χ2v) is 11.3. The first-order valence-electron chi connectivity index (χ1n) is 14.5. The minimum absolute atomic E-state index is 0.0411. The Kier molecular flexibility index (Phi) is 8.85. The summed E-state index contributed by atoms with van der Waals surface area (Å²) in [4.78, 5) is 25.3. The first-order valence-corrected chi connectivity index (χ1v) is 14.5. The molecule has 0 spiro atoms. The summed E-state index contributed by atoms with van der Waals surface area (Å²) >= 11 is 0. The summed E-state index contributed by atoms with van der Waals surface area (Å²) in [5, 5.41) is 9.64. The molecule has 0 bridgehead atoms. The minimum Gasteiger partial charge on any atom is -0.381 e. The number of hydrogen-bond acceptors (Lipinski definition) is 7. The van der Waals surface area contributed by atoms with Gasteiger partial charge in [0, 0.05) is 78.8 Å². The van der Waals surface area contributed by atoms with E-state index in [1.54, 1.807) is 0 Å². The molecule has 2 aliphatic rings. The van der Waals surface area contributed by atoms with Crippen molar-refractivity contribution in [2.45, 2.75) is 71.6 Å². The van der Waals surface area contributed by atoms with E-state index in [0.717, 1.165) is 80.3 Å². The van der Waals surface area contributed by atoms with E-state index in [1.807, 2.05) is 26.1 Å². The molecule has 8 heteroatoms. The Morgan fingerprint density at radius 2 is 1.85 bits per heavy atom. The van der Waals surface area contributed by atoms with Crippen LogP contribution in [-0.4, -0.2) is 66.8 Å². The largest absolute Gasteiger partial charge is 0.381 e. The third-order valence-corrected chi connectivity index (χ3v) is 8.44. The van der Waals surface area contributed by atoms with Crippen molar-refractivity contribution in [2.24, 2.45) is 0 Å². The highest BCUT2D eigenvalue weighted by atomic mass is 16.5. The molecule has 2 aliphatic heterocycles. The zero-order chi connectivity index (χ0) is 27.4. The van der Waals surface area contributed by atoms with Gasteiger partial charge in [-0.2, -0.15) is 0 Å². The van der Waals surface area contributed by atoms with E-state index in [-0.39, 0.29) is 5.56 Å². The number of pyridine rings is 2. The Morgan fingerprint density at radius 1 is 1.08 bits per heavy atom. The van der Waals surface area contributed by atoms with Crippen LogP contribution in [0.5, 0.6) is 0 Å². The van der Waals surface area contributed by atoms with Gasteiger partial charge in [0.15, 0.2) is 0 Å². The lowest BCUT2D eigenvalue weighted by molar-refractivity contribution is 0.0847. The van der Waals surface area contributed by atoms with Gasteiger partial charge in [0.2, 0.25) is 0 Å². The number of ether oxygens (including phenoxy) is 1. The minimum atomic E-state index is -0.0411. The SMILES string of the molecule is CCN(c1cc(CNC2CCN(C)CC2)cc2c(NCc3c(C)cc(C)[nH]c3=O)nccc12)C1CCOCC1. The van der Waals surface area contributed by atoms with E-state index < -0.39 is 0 Å². The van der Waals surface area contributed by atoms with Gasteiger partial charge in [-0.05, 0) is 102 Å². The summed E-state index contributed by atoms with van der Waals surface area (Å²) in [7, 11) is 2.20. The van der Waals surface area contributed by atoms with Gasteiger partial charge in [0.25, 0.3) is 5.56 Å².